The average molecular weight is 409 g/mol. The maximum atomic E-state index is 14.2. The van der Waals surface area contributed by atoms with E-state index in [1.807, 2.05) is 0 Å². The van der Waals surface area contributed by atoms with Gasteiger partial charge in [0, 0.05) is 24.4 Å². The third-order valence-electron chi connectivity index (χ3n) is 6.47. The zero-order valence-electron chi connectivity index (χ0n) is 15.8. The number of benzene rings is 1. The number of alkyl halides is 2. The van der Waals surface area contributed by atoms with E-state index in [9.17, 15) is 18.4 Å². The van der Waals surface area contributed by atoms with E-state index in [2.05, 4.69) is 9.69 Å². The summed E-state index contributed by atoms with van der Waals surface area (Å²) >= 11 is 1.24. The van der Waals surface area contributed by atoms with Crippen LogP contribution in [0, 0.1) is 17.8 Å². The number of carbonyl (C=O) groups is 1. The Hall–Kier alpha value is -1.76. The molecule has 2 saturated carbocycles. The second-order valence-electron chi connectivity index (χ2n) is 8.35. The van der Waals surface area contributed by atoms with Gasteiger partial charge < -0.3 is 5.32 Å². The van der Waals surface area contributed by atoms with Crippen LogP contribution in [0.25, 0.3) is 10.1 Å². The van der Waals surface area contributed by atoms with Crippen molar-refractivity contribution in [3.8, 4) is 0 Å². The van der Waals surface area contributed by atoms with Gasteiger partial charge in [-0.1, -0.05) is 50.1 Å². The fraction of sp³-hybridized carbons (Fsp3) is 0.619. The molecule has 4 rings (SSSR count). The highest BCUT2D eigenvalue weighted by atomic mass is 32.1. The third-order valence-corrected chi connectivity index (χ3v) is 7.33. The standard InChI is InChI=1S/C21H26F2N2O2S/c22-21(23)10-9-15(13-5-3-1-2-4-6-13)17(12-21)19(26)24-14-7-8-18-16(11-14)20(27)25-28-18/h7-8,11,13,15,17H,1-6,9-10,12H2,(H,24,26)(H,25,27)/t15?,17-/m1/s1. The number of aromatic amines is 1. The lowest BCUT2D eigenvalue weighted by molar-refractivity contribution is -0.134. The van der Waals surface area contributed by atoms with E-state index >= 15 is 0 Å². The predicted molar refractivity (Wildman–Crippen MR) is 108 cm³/mol. The molecule has 2 fully saturated rings. The van der Waals surface area contributed by atoms with Crippen molar-refractivity contribution in [2.45, 2.75) is 63.7 Å². The summed E-state index contributed by atoms with van der Waals surface area (Å²) in [6.07, 6.45) is 6.66. The van der Waals surface area contributed by atoms with Gasteiger partial charge in [0.15, 0.2) is 0 Å². The normalized spacial score (nSPS) is 26.1. The molecule has 4 nitrogen and oxygen atoms in total. The summed E-state index contributed by atoms with van der Waals surface area (Å²) in [4.78, 5) is 24.9. The van der Waals surface area contributed by atoms with E-state index in [0.717, 1.165) is 30.4 Å². The van der Waals surface area contributed by atoms with Crippen molar-refractivity contribution in [1.29, 1.82) is 0 Å². The molecule has 0 bridgehead atoms. The number of nitrogens with one attached hydrogen (secondary N) is 2. The molecule has 28 heavy (non-hydrogen) atoms. The monoisotopic (exact) mass is 408 g/mol. The number of hydrogen-bond acceptors (Lipinski definition) is 3. The molecule has 1 aromatic carbocycles. The molecular weight excluding hydrogens is 382 g/mol. The summed E-state index contributed by atoms with van der Waals surface area (Å²) in [5.41, 5.74) is 0.298. The maximum Gasteiger partial charge on any atom is 0.265 e. The third kappa shape index (κ3) is 4.14. The molecule has 2 aromatic rings. The van der Waals surface area contributed by atoms with E-state index in [4.69, 9.17) is 0 Å². The van der Waals surface area contributed by atoms with Crippen LogP contribution in [-0.4, -0.2) is 16.2 Å². The van der Waals surface area contributed by atoms with Gasteiger partial charge in [0.05, 0.1) is 10.1 Å². The summed E-state index contributed by atoms with van der Waals surface area (Å²) in [6.45, 7) is 0. The molecular formula is C21H26F2N2O2S. The first-order valence-electron chi connectivity index (χ1n) is 10.2. The van der Waals surface area contributed by atoms with Gasteiger partial charge in [0.2, 0.25) is 11.8 Å². The summed E-state index contributed by atoms with van der Waals surface area (Å²) in [5.74, 6) is -3.41. The highest BCUT2D eigenvalue weighted by molar-refractivity contribution is 7.13. The topological polar surface area (TPSA) is 62.0 Å². The number of halogens is 2. The van der Waals surface area contributed by atoms with Crippen LogP contribution in [0.5, 0.6) is 0 Å². The first-order valence-corrected chi connectivity index (χ1v) is 11.0. The van der Waals surface area contributed by atoms with Crippen LogP contribution in [-0.2, 0) is 4.79 Å². The highest BCUT2D eigenvalue weighted by Gasteiger charge is 2.46. The molecule has 7 heteroatoms. The van der Waals surface area contributed by atoms with Crippen LogP contribution < -0.4 is 10.9 Å². The summed E-state index contributed by atoms with van der Waals surface area (Å²) in [6, 6.07) is 5.13. The zero-order chi connectivity index (χ0) is 19.7. The van der Waals surface area contributed by atoms with E-state index in [0.29, 0.717) is 23.4 Å². The fourth-order valence-electron chi connectivity index (χ4n) is 5.01. The van der Waals surface area contributed by atoms with Crippen LogP contribution in [0.3, 0.4) is 0 Å². The Balaban J connectivity index is 1.55. The Bertz CT molecular complexity index is 899. The summed E-state index contributed by atoms with van der Waals surface area (Å²) < 4.78 is 31.8. The number of H-pyrrole nitrogens is 1. The van der Waals surface area contributed by atoms with Crippen LogP contribution in [0.2, 0.25) is 0 Å². The number of carbonyl (C=O) groups excluding carboxylic acids is 1. The second kappa shape index (κ2) is 7.93. The first-order chi connectivity index (χ1) is 13.4. The molecule has 2 aliphatic rings. The largest absolute Gasteiger partial charge is 0.326 e. The lowest BCUT2D eigenvalue weighted by Gasteiger charge is -2.39. The minimum atomic E-state index is -2.78. The molecule has 0 radical (unpaired) electrons. The van der Waals surface area contributed by atoms with Crippen LogP contribution in [0.1, 0.15) is 57.8 Å². The van der Waals surface area contributed by atoms with Crippen LogP contribution in [0.4, 0.5) is 14.5 Å². The molecule has 0 aliphatic heterocycles. The molecule has 0 spiro atoms. The summed E-state index contributed by atoms with van der Waals surface area (Å²) in [7, 11) is 0. The Morgan fingerprint density at radius 3 is 2.64 bits per heavy atom. The lowest BCUT2D eigenvalue weighted by Crippen LogP contribution is -2.42. The van der Waals surface area contributed by atoms with E-state index in [1.54, 1.807) is 18.2 Å². The van der Waals surface area contributed by atoms with Gasteiger partial charge in [-0.05, 0) is 36.5 Å². The van der Waals surface area contributed by atoms with Gasteiger partial charge >= 0.3 is 0 Å². The van der Waals surface area contributed by atoms with Crippen molar-refractivity contribution in [2.75, 3.05) is 5.32 Å². The highest BCUT2D eigenvalue weighted by Crippen LogP contribution is 2.46. The first kappa shape index (κ1) is 19.6. The second-order valence-corrected chi connectivity index (χ2v) is 9.20. The quantitative estimate of drug-likeness (QED) is 0.654. The summed E-state index contributed by atoms with van der Waals surface area (Å²) in [5, 5.41) is 3.33. The van der Waals surface area contributed by atoms with Crippen molar-refractivity contribution < 1.29 is 13.6 Å². The van der Waals surface area contributed by atoms with Gasteiger partial charge in [-0.2, -0.15) is 0 Å². The Morgan fingerprint density at radius 1 is 1.14 bits per heavy atom. The van der Waals surface area contributed by atoms with Crippen molar-refractivity contribution in [2.24, 2.45) is 17.8 Å². The molecule has 1 heterocycles. The molecule has 2 aliphatic carbocycles. The number of fused-ring (bicyclic) bond motifs is 1. The minimum Gasteiger partial charge on any atom is -0.326 e. The Kier molecular flexibility index (Phi) is 5.54. The van der Waals surface area contributed by atoms with Gasteiger partial charge in [-0.15, -0.1) is 0 Å². The van der Waals surface area contributed by atoms with Crippen molar-refractivity contribution in [3.63, 3.8) is 0 Å². The van der Waals surface area contributed by atoms with Gasteiger partial charge in [0.25, 0.3) is 5.56 Å². The predicted octanol–water partition coefficient (Wildman–Crippen LogP) is 5.55. The number of rotatable bonds is 3. The zero-order valence-corrected chi connectivity index (χ0v) is 16.6. The smallest absolute Gasteiger partial charge is 0.265 e. The van der Waals surface area contributed by atoms with E-state index in [1.165, 1.54) is 24.4 Å². The van der Waals surface area contributed by atoms with E-state index in [-0.39, 0.29) is 30.2 Å². The molecule has 1 aromatic heterocycles. The molecule has 0 saturated heterocycles. The van der Waals surface area contributed by atoms with Crippen LogP contribution in [0.15, 0.2) is 23.0 Å². The number of amides is 1. The van der Waals surface area contributed by atoms with Gasteiger partial charge in [-0.25, -0.2) is 8.78 Å². The molecule has 2 N–H and O–H groups in total. The van der Waals surface area contributed by atoms with Gasteiger partial charge in [-0.3, -0.25) is 14.0 Å². The molecule has 2 atom stereocenters. The Labute approximate surface area is 166 Å². The molecule has 1 unspecified atom stereocenters. The maximum absolute atomic E-state index is 14.2. The molecule has 1 amide bonds. The molecule has 152 valence electrons. The van der Waals surface area contributed by atoms with E-state index < -0.39 is 11.8 Å². The fourth-order valence-corrected chi connectivity index (χ4v) is 5.72. The number of aromatic nitrogens is 1. The SMILES string of the molecule is O=C(Nc1ccc2s[nH]c(=O)c2c1)[C@@H]1CC(F)(F)CCC1C1CCCCCC1. The van der Waals surface area contributed by atoms with Crippen molar-refractivity contribution in [1.82, 2.24) is 4.37 Å². The average Bonchev–Trinajstić information content (AvgIpc) is 2.86. The minimum absolute atomic E-state index is 0.0195. The number of anilines is 1. The lowest BCUT2D eigenvalue weighted by atomic mass is 9.68. The van der Waals surface area contributed by atoms with Gasteiger partial charge in [0.1, 0.15) is 0 Å². The van der Waals surface area contributed by atoms with Crippen molar-refractivity contribution in [3.05, 3.63) is 28.6 Å². The van der Waals surface area contributed by atoms with Crippen LogP contribution >= 0.6 is 11.5 Å². The number of hydrogen-bond donors (Lipinski definition) is 2. The Morgan fingerprint density at radius 2 is 1.89 bits per heavy atom. The van der Waals surface area contributed by atoms with Crippen molar-refractivity contribution >= 4 is 33.2 Å².